The van der Waals surface area contributed by atoms with Gasteiger partial charge in [0.25, 0.3) is 0 Å². The van der Waals surface area contributed by atoms with E-state index < -0.39 is 10.0 Å². The third kappa shape index (κ3) is 6.15. The maximum absolute atomic E-state index is 12.3. The third-order valence-corrected chi connectivity index (χ3v) is 7.04. The van der Waals surface area contributed by atoms with Gasteiger partial charge in [-0.05, 0) is 37.8 Å². The van der Waals surface area contributed by atoms with E-state index in [4.69, 9.17) is 4.74 Å². The lowest BCUT2D eigenvalue weighted by atomic mass is 10.0. The number of nitrogens with one attached hydrogen (secondary N) is 2. The van der Waals surface area contributed by atoms with Crippen LogP contribution in [0.5, 0.6) is 0 Å². The second-order valence-electron chi connectivity index (χ2n) is 7.84. The van der Waals surface area contributed by atoms with Crippen molar-refractivity contribution in [2.24, 2.45) is 0 Å². The summed E-state index contributed by atoms with van der Waals surface area (Å²) in [5.74, 6) is 0. The Kier molecular flexibility index (Phi) is 7.50. The van der Waals surface area contributed by atoms with Gasteiger partial charge in [-0.15, -0.1) is 0 Å². The molecule has 8 nitrogen and oxygen atoms in total. The topological polar surface area (TPSA) is 91.0 Å². The van der Waals surface area contributed by atoms with Gasteiger partial charge in [0.1, 0.15) is 0 Å². The Balaban J connectivity index is 1.56. The Hall–Kier alpha value is -1.68. The van der Waals surface area contributed by atoms with Crippen molar-refractivity contribution in [3.05, 3.63) is 29.8 Å². The van der Waals surface area contributed by atoms with Crippen molar-refractivity contribution in [1.29, 1.82) is 0 Å². The molecular formula is C20H32N4O4S. The van der Waals surface area contributed by atoms with E-state index in [0.29, 0.717) is 32.2 Å². The largest absolute Gasteiger partial charge is 0.381 e. The monoisotopic (exact) mass is 424 g/mol. The van der Waals surface area contributed by atoms with Crippen molar-refractivity contribution in [3.63, 3.8) is 0 Å². The van der Waals surface area contributed by atoms with Crippen LogP contribution in [-0.2, 0) is 14.8 Å². The van der Waals surface area contributed by atoms with Gasteiger partial charge in [0.2, 0.25) is 10.0 Å². The molecule has 162 valence electrons. The molecule has 2 heterocycles. The lowest BCUT2D eigenvalue weighted by Crippen LogP contribution is -2.50. The minimum atomic E-state index is -3.17. The zero-order chi connectivity index (χ0) is 20.9. The number of ether oxygens (including phenoxy) is 1. The molecule has 2 saturated heterocycles. The zero-order valence-electron chi connectivity index (χ0n) is 17.3. The number of hydrogen-bond acceptors (Lipinski definition) is 5. The summed E-state index contributed by atoms with van der Waals surface area (Å²) in [7, 11) is -3.17. The number of hydrogen-bond donors (Lipinski definition) is 2. The predicted molar refractivity (Wildman–Crippen MR) is 114 cm³/mol. The molecule has 0 saturated carbocycles. The number of sulfonamides is 1. The third-order valence-electron chi connectivity index (χ3n) is 5.77. The Morgan fingerprint density at radius 1 is 1.21 bits per heavy atom. The summed E-state index contributed by atoms with van der Waals surface area (Å²) in [4.78, 5) is 14.7. The van der Waals surface area contributed by atoms with Crippen molar-refractivity contribution >= 4 is 21.7 Å². The zero-order valence-corrected chi connectivity index (χ0v) is 18.1. The van der Waals surface area contributed by atoms with Crippen LogP contribution in [0.3, 0.4) is 0 Å². The number of anilines is 1. The maximum atomic E-state index is 12.3. The highest BCUT2D eigenvalue weighted by Crippen LogP contribution is 2.24. The highest BCUT2D eigenvalue weighted by Gasteiger charge is 2.35. The maximum Gasteiger partial charge on any atom is 0.319 e. The van der Waals surface area contributed by atoms with Crippen LogP contribution < -0.4 is 10.6 Å². The Morgan fingerprint density at radius 2 is 1.93 bits per heavy atom. The second-order valence-corrected chi connectivity index (χ2v) is 9.82. The van der Waals surface area contributed by atoms with Gasteiger partial charge in [-0.2, -0.15) is 0 Å². The van der Waals surface area contributed by atoms with Gasteiger partial charge < -0.3 is 15.4 Å². The van der Waals surface area contributed by atoms with Gasteiger partial charge in [-0.1, -0.05) is 18.2 Å². The quantitative estimate of drug-likeness (QED) is 0.694. The van der Waals surface area contributed by atoms with Crippen LogP contribution in [0.1, 0.15) is 24.8 Å². The predicted octanol–water partition coefficient (Wildman–Crippen LogP) is 1.63. The second kappa shape index (κ2) is 9.88. The highest BCUT2D eigenvalue weighted by molar-refractivity contribution is 7.88. The van der Waals surface area contributed by atoms with Crippen molar-refractivity contribution in [3.8, 4) is 0 Å². The number of carbonyl (C=O) groups excluding carboxylic acids is 1. The number of nitrogens with zero attached hydrogens (tertiary/aromatic N) is 2. The van der Waals surface area contributed by atoms with Crippen molar-refractivity contribution in [2.75, 3.05) is 51.0 Å². The summed E-state index contributed by atoms with van der Waals surface area (Å²) in [5, 5.41) is 5.82. The molecule has 2 amide bonds. The van der Waals surface area contributed by atoms with Crippen LogP contribution in [0.15, 0.2) is 24.3 Å². The van der Waals surface area contributed by atoms with Crippen LogP contribution >= 0.6 is 0 Å². The number of aryl methyl sites for hydroxylation is 1. The molecule has 2 aliphatic rings. The summed E-state index contributed by atoms with van der Waals surface area (Å²) in [5.41, 5.74) is 1.81. The average molecular weight is 425 g/mol. The molecule has 3 rings (SSSR count). The molecule has 0 spiro atoms. The van der Waals surface area contributed by atoms with Gasteiger partial charge in [0.05, 0.1) is 6.26 Å². The lowest BCUT2D eigenvalue weighted by Gasteiger charge is -2.38. The molecule has 2 N–H and O–H groups in total. The number of carbonyl (C=O) groups is 1. The summed E-state index contributed by atoms with van der Waals surface area (Å²) >= 11 is 0. The van der Waals surface area contributed by atoms with Crippen LogP contribution in [-0.4, -0.2) is 81.4 Å². The summed E-state index contributed by atoms with van der Waals surface area (Å²) in [6.07, 6.45) is 3.96. The fourth-order valence-electron chi connectivity index (χ4n) is 4.14. The van der Waals surface area contributed by atoms with Crippen molar-refractivity contribution in [1.82, 2.24) is 14.5 Å². The minimum Gasteiger partial charge on any atom is -0.381 e. The number of amides is 2. The first-order chi connectivity index (χ1) is 13.8. The molecule has 29 heavy (non-hydrogen) atoms. The molecule has 1 aromatic carbocycles. The standard InChI is InChI=1S/C20H32N4O4S/c1-16-5-3-4-6-19(16)22-20(25)21-10-12-24(17-8-13-28-14-9-17)18-7-11-23(15-18)29(2,26)27/h3-6,17-18H,7-15H2,1-2H3,(H2,21,22,25). The van der Waals surface area contributed by atoms with Gasteiger partial charge >= 0.3 is 6.03 Å². The van der Waals surface area contributed by atoms with E-state index in [1.165, 1.54) is 6.26 Å². The van der Waals surface area contributed by atoms with Gasteiger partial charge in [-0.3, -0.25) is 4.90 Å². The summed E-state index contributed by atoms with van der Waals surface area (Å²) in [6, 6.07) is 7.96. The number of urea groups is 1. The minimum absolute atomic E-state index is 0.175. The molecule has 1 aromatic rings. The first-order valence-electron chi connectivity index (χ1n) is 10.2. The molecule has 0 radical (unpaired) electrons. The summed E-state index contributed by atoms with van der Waals surface area (Å²) in [6.45, 7) is 5.68. The molecule has 2 aliphatic heterocycles. The molecule has 0 aliphatic carbocycles. The van der Waals surface area contributed by atoms with Gasteiger partial charge in [-0.25, -0.2) is 17.5 Å². The Morgan fingerprint density at radius 3 is 2.59 bits per heavy atom. The van der Waals surface area contributed by atoms with E-state index in [9.17, 15) is 13.2 Å². The molecule has 1 unspecified atom stereocenters. The van der Waals surface area contributed by atoms with Crippen LogP contribution in [0.25, 0.3) is 0 Å². The van der Waals surface area contributed by atoms with Gasteiger partial charge in [0.15, 0.2) is 0 Å². The first-order valence-corrected chi connectivity index (χ1v) is 12.1. The number of benzene rings is 1. The van der Waals surface area contributed by atoms with Crippen LogP contribution in [0, 0.1) is 6.92 Å². The van der Waals surface area contributed by atoms with E-state index in [0.717, 1.165) is 43.7 Å². The van der Waals surface area contributed by atoms with E-state index >= 15 is 0 Å². The van der Waals surface area contributed by atoms with E-state index in [-0.39, 0.29) is 12.1 Å². The number of rotatable bonds is 7. The molecule has 1 atom stereocenters. The Bertz CT molecular complexity index is 795. The molecule has 0 bridgehead atoms. The average Bonchev–Trinajstić information content (AvgIpc) is 3.18. The first kappa shape index (κ1) is 22.0. The summed E-state index contributed by atoms with van der Waals surface area (Å²) < 4.78 is 30.9. The van der Waals surface area contributed by atoms with Crippen LogP contribution in [0.4, 0.5) is 10.5 Å². The number of para-hydroxylation sites is 1. The van der Waals surface area contributed by atoms with Crippen LogP contribution in [0.2, 0.25) is 0 Å². The van der Waals surface area contributed by atoms with E-state index in [1.54, 1.807) is 4.31 Å². The van der Waals surface area contributed by atoms with Crippen molar-refractivity contribution < 1.29 is 17.9 Å². The Labute approximate surface area is 173 Å². The highest BCUT2D eigenvalue weighted by atomic mass is 32.2. The van der Waals surface area contributed by atoms with E-state index in [2.05, 4.69) is 15.5 Å². The molecule has 0 aromatic heterocycles. The lowest BCUT2D eigenvalue weighted by molar-refractivity contribution is 0.0197. The fourth-order valence-corrected chi connectivity index (χ4v) is 5.02. The SMILES string of the molecule is Cc1ccccc1NC(=O)NCCN(C1CCOCC1)C1CCN(S(C)(=O)=O)C1. The molecular weight excluding hydrogens is 392 g/mol. The fraction of sp³-hybridized carbons (Fsp3) is 0.650. The smallest absolute Gasteiger partial charge is 0.319 e. The van der Waals surface area contributed by atoms with E-state index in [1.807, 2.05) is 31.2 Å². The van der Waals surface area contributed by atoms with Gasteiger partial charge in [0, 0.05) is 57.2 Å². The molecule has 2 fully saturated rings. The molecule has 9 heteroatoms. The van der Waals surface area contributed by atoms with Crippen molar-refractivity contribution in [2.45, 2.75) is 38.3 Å². The normalized spacial score (nSPS) is 21.4.